The first-order valence-electron chi connectivity index (χ1n) is 6.03. The summed E-state index contributed by atoms with van der Waals surface area (Å²) in [5.41, 5.74) is 0.775. The van der Waals surface area contributed by atoms with Gasteiger partial charge in [-0.25, -0.2) is 9.18 Å². The van der Waals surface area contributed by atoms with Gasteiger partial charge >= 0.3 is 5.97 Å². The molecule has 6 heteroatoms. The van der Waals surface area contributed by atoms with E-state index in [4.69, 9.17) is 27.9 Å². The van der Waals surface area contributed by atoms with Crippen LogP contribution in [0, 0.1) is 5.82 Å². The molecule has 0 saturated heterocycles. The number of benzene rings is 2. The highest BCUT2D eigenvalue weighted by molar-refractivity contribution is 6.37. The summed E-state index contributed by atoms with van der Waals surface area (Å²) in [6.45, 7) is 1.66. The largest absolute Gasteiger partial charge is 0.505 e. The van der Waals surface area contributed by atoms with Gasteiger partial charge in [-0.3, -0.25) is 0 Å². The third-order valence-corrected chi connectivity index (χ3v) is 3.45. The Kier molecular flexibility index (Phi) is 4.70. The third-order valence-electron chi connectivity index (χ3n) is 2.88. The number of carbonyl (C=O) groups is 1. The fourth-order valence-electron chi connectivity index (χ4n) is 1.71. The monoisotopic (exact) mass is 328 g/mol. The first kappa shape index (κ1) is 15.6. The molecule has 0 aromatic heterocycles. The van der Waals surface area contributed by atoms with Crippen LogP contribution in [0.3, 0.4) is 0 Å². The third kappa shape index (κ3) is 3.65. The van der Waals surface area contributed by atoms with Crippen LogP contribution in [-0.4, -0.2) is 11.1 Å². The molecule has 0 spiro atoms. The Labute approximate surface area is 130 Å². The van der Waals surface area contributed by atoms with Gasteiger partial charge in [0.2, 0.25) is 0 Å². The minimum atomic E-state index is -0.643. The van der Waals surface area contributed by atoms with Crippen LogP contribution in [0.5, 0.6) is 5.75 Å². The lowest BCUT2D eigenvalue weighted by atomic mass is 10.1. The van der Waals surface area contributed by atoms with Crippen LogP contribution in [0.15, 0.2) is 36.4 Å². The molecule has 0 heterocycles. The molecule has 0 amide bonds. The number of halogens is 3. The van der Waals surface area contributed by atoms with Gasteiger partial charge in [-0.15, -0.1) is 0 Å². The van der Waals surface area contributed by atoms with Crippen LogP contribution >= 0.6 is 23.2 Å². The van der Waals surface area contributed by atoms with Crippen molar-refractivity contribution < 1.29 is 19.0 Å². The van der Waals surface area contributed by atoms with E-state index in [1.807, 2.05) is 0 Å². The number of aromatic hydroxyl groups is 1. The van der Waals surface area contributed by atoms with Gasteiger partial charge in [0.05, 0.1) is 15.6 Å². The van der Waals surface area contributed by atoms with Crippen LogP contribution in [0.25, 0.3) is 0 Å². The Morgan fingerprint density at radius 2 is 1.71 bits per heavy atom. The SMILES string of the molecule is CC(OC(=O)c1cc(Cl)c(O)c(Cl)c1)c1ccc(F)cc1. The van der Waals surface area contributed by atoms with Crippen molar-refractivity contribution in [3.8, 4) is 5.75 Å². The molecule has 110 valence electrons. The van der Waals surface area contributed by atoms with Gasteiger partial charge in [0.1, 0.15) is 11.9 Å². The topological polar surface area (TPSA) is 46.5 Å². The maximum Gasteiger partial charge on any atom is 0.338 e. The zero-order valence-corrected chi connectivity index (χ0v) is 12.5. The molecule has 2 rings (SSSR count). The standard InChI is InChI=1S/C15H11Cl2FO3/c1-8(9-2-4-11(18)5-3-9)21-15(20)10-6-12(16)14(19)13(17)7-10/h2-8,19H,1H3. The van der Waals surface area contributed by atoms with Crippen molar-refractivity contribution in [1.29, 1.82) is 0 Å². The van der Waals surface area contributed by atoms with Gasteiger partial charge in [-0.05, 0) is 36.8 Å². The molecular formula is C15H11Cl2FO3. The molecule has 21 heavy (non-hydrogen) atoms. The quantitative estimate of drug-likeness (QED) is 0.826. The lowest BCUT2D eigenvalue weighted by molar-refractivity contribution is 0.0338. The number of esters is 1. The van der Waals surface area contributed by atoms with Gasteiger partial charge in [-0.1, -0.05) is 35.3 Å². The average Bonchev–Trinajstić information content (AvgIpc) is 2.44. The summed E-state index contributed by atoms with van der Waals surface area (Å²) >= 11 is 11.5. The maximum absolute atomic E-state index is 12.8. The predicted octanol–water partition coefficient (Wildman–Crippen LogP) is 4.76. The summed E-state index contributed by atoms with van der Waals surface area (Å²) in [6.07, 6.45) is -0.565. The second-order valence-corrected chi connectivity index (χ2v) is 5.20. The molecular weight excluding hydrogens is 318 g/mol. The second-order valence-electron chi connectivity index (χ2n) is 4.39. The van der Waals surface area contributed by atoms with E-state index < -0.39 is 12.1 Å². The number of phenolic OH excluding ortho intramolecular Hbond substituents is 1. The molecule has 1 atom stereocenters. The number of hydrogen-bond donors (Lipinski definition) is 1. The number of hydrogen-bond acceptors (Lipinski definition) is 3. The lowest BCUT2D eigenvalue weighted by Gasteiger charge is -2.14. The fraction of sp³-hybridized carbons (Fsp3) is 0.133. The smallest absolute Gasteiger partial charge is 0.338 e. The van der Waals surface area contributed by atoms with E-state index >= 15 is 0 Å². The minimum Gasteiger partial charge on any atom is -0.505 e. The Hall–Kier alpha value is -1.78. The number of carbonyl (C=O) groups excluding carboxylic acids is 1. The summed E-state index contributed by atoms with van der Waals surface area (Å²) in [5.74, 6) is -1.30. The van der Waals surface area contributed by atoms with Gasteiger partial charge in [0, 0.05) is 0 Å². The van der Waals surface area contributed by atoms with Gasteiger partial charge in [-0.2, -0.15) is 0 Å². The Morgan fingerprint density at radius 1 is 1.19 bits per heavy atom. The van der Waals surface area contributed by atoms with Crippen molar-refractivity contribution in [3.63, 3.8) is 0 Å². The molecule has 0 aliphatic rings. The van der Waals surface area contributed by atoms with E-state index in [-0.39, 0.29) is 27.2 Å². The number of rotatable bonds is 3. The molecule has 0 saturated carbocycles. The molecule has 2 aromatic rings. The molecule has 0 aliphatic heterocycles. The molecule has 1 unspecified atom stereocenters. The van der Waals surface area contributed by atoms with Crippen LogP contribution in [0.2, 0.25) is 10.0 Å². The van der Waals surface area contributed by atoms with E-state index in [0.717, 1.165) is 0 Å². The molecule has 2 aromatic carbocycles. The molecule has 0 bridgehead atoms. The van der Waals surface area contributed by atoms with E-state index in [9.17, 15) is 14.3 Å². The van der Waals surface area contributed by atoms with Crippen LogP contribution in [0.4, 0.5) is 4.39 Å². The van der Waals surface area contributed by atoms with E-state index in [1.165, 1.54) is 36.4 Å². The lowest BCUT2D eigenvalue weighted by Crippen LogP contribution is -2.09. The van der Waals surface area contributed by atoms with Crippen molar-refractivity contribution in [3.05, 3.63) is 63.4 Å². The summed E-state index contributed by atoms with van der Waals surface area (Å²) < 4.78 is 18.1. The van der Waals surface area contributed by atoms with E-state index in [0.29, 0.717) is 5.56 Å². The summed E-state index contributed by atoms with van der Waals surface area (Å²) in [6, 6.07) is 8.17. The molecule has 0 fully saturated rings. The second kappa shape index (κ2) is 6.33. The first-order chi connectivity index (χ1) is 9.88. The highest BCUT2D eigenvalue weighted by Crippen LogP contribution is 2.33. The maximum atomic E-state index is 12.8. The zero-order chi connectivity index (χ0) is 15.6. The highest BCUT2D eigenvalue weighted by Gasteiger charge is 2.17. The molecule has 1 N–H and O–H groups in total. The van der Waals surface area contributed by atoms with Crippen LogP contribution < -0.4 is 0 Å². The molecule has 0 radical (unpaired) electrons. The van der Waals surface area contributed by atoms with E-state index in [1.54, 1.807) is 6.92 Å². The van der Waals surface area contributed by atoms with Crippen molar-refractivity contribution in [1.82, 2.24) is 0 Å². The van der Waals surface area contributed by atoms with Crippen molar-refractivity contribution in [2.75, 3.05) is 0 Å². The van der Waals surface area contributed by atoms with Crippen LogP contribution in [0.1, 0.15) is 28.9 Å². The van der Waals surface area contributed by atoms with Gasteiger partial charge in [0.25, 0.3) is 0 Å². The molecule has 3 nitrogen and oxygen atoms in total. The van der Waals surface area contributed by atoms with Crippen molar-refractivity contribution in [2.45, 2.75) is 13.0 Å². The Bertz CT molecular complexity index is 648. The van der Waals surface area contributed by atoms with Gasteiger partial charge in [0.15, 0.2) is 5.75 Å². The summed E-state index contributed by atoms with van der Waals surface area (Å²) in [5, 5.41) is 9.37. The Morgan fingerprint density at radius 3 is 2.24 bits per heavy atom. The minimum absolute atomic E-state index is 0.0381. The van der Waals surface area contributed by atoms with Gasteiger partial charge < -0.3 is 9.84 Å². The van der Waals surface area contributed by atoms with Crippen molar-refractivity contribution in [2.24, 2.45) is 0 Å². The Balaban J connectivity index is 2.16. The first-order valence-corrected chi connectivity index (χ1v) is 6.78. The number of phenols is 1. The predicted molar refractivity (Wildman–Crippen MR) is 78.4 cm³/mol. The number of ether oxygens (including phenoxy) is 1. The summed E-state index contributed by atoms with van der Waals surface area (Å²) in [4.78, 5) is 12.0. The van der Waals surface area contributed by atoms with Crippen LogP contribution in [-0.2, 0) is 4.74 Å². The zero-order valence-electron chi connectivity index (χ0n) is 10.9. The average molecular weight is 329 g/mol. The molecule has 0 aliphatic carbocycles. The van der Waals surface area contributed by atoms with Crippen molar-refractivity contribution >= 4 is 29.2 Å². The summed E-state index contributed by atoms with van der Waals surface area (Å²) in [7, 11) is 0. The fourth-order valence-corrected chi connectivity index (χ4v) is 2.20. The normalized spacial score (nSPS) is 12.0. The highest BCUT2D eigenvalue weighted by atomic mass is 35.5. The van der Waals surface area contributed by atoms with E-state index in [2.05, 4.69) is 0 Å².